The molecule has 1 aliphatic heterocycles. The van der Waals surface area contributed by atoms with Crippen LogP contribution >= 0.6 is 11.8 Å². The van der Waals surface area contributed by atoms with Gasteiger partial charge in [0.2, 0.25) is 15.4 Å². The second-order valence-corrected chi connectivity index (χ2v) is 30.0. The van der Waals surface area contributed by atoms with E-state index in [4.69, 9.17) is 8.53 Å². The summed E-state index contributed by atoms with van der Waals surface area (Å²) in [5.41, 5.74) is 3.66. The highest BCUT2D eigenvalue weighted by Crippen LogP contribution is 2.43. The van der Waals surface area contributed by atoms with E-state index in [1.165, 1.54) is 12.1 Å². The summed E-state index contributed by atoms with van der Waals surface area (Å²) in [5.74, 6) is 0.547. The lowest BCUT2D eigenvalue weighted by atomic mass is 9.93. The molecule has 2 aliphatic rings. The van der Waals surface area contributed by atoms with Crippen LogP contribution in [0.2, 0.25) is 32.2 Å². The highest BCUT2D eigenvalue weighted by molar-refractivity contribution is 8.00. The summed E-state index contributed by atoms with van der Waals surface area (Å²) in [7, 11) is -13.2. The van der Waals surface area contributed by atoms with Crippen molar-refractivity contribution in [3.8, 4) is 22.5 Å². The number of fused-ring (bicyclic) bond motifs is 2. The summed E-state index contributed by atoms with van der Waals surface area (Å²) >= 11 is 1.61. The largest absolute Gasteiger partial charge is 0.456 e. The molecular formula is C44H62N5O8S3Si2+. The van der Waals surface area contributed by atoms with Gasteiger partial charge in [0, 0.05) is 90.1 Å². The molecule has 2 heterocycles. The van der Waals surface area contributed by atoms with Crippen LogP contribution in [0.25, 0.3) is 33.4 Å². The number of carbonyl (C=O) groups excluding carboxylic acids is 1. The van der Waals surface area contributed by atoms with E-state index in [9.17, 15) is 26.2 Å². The minimum atomic E-state index is -4.94. The van der Waals surface area contributed by atoms with E-state index in [2.05, 4.69) is 78.0 Å². The summed E-state index contributed by atoms with van der Waals surface area (Å²) in [4.78, 5) is 22.9. The maximum atomic E-state index is 13.6. The van der Waals surface area contributed by atoms with Gasteiger partial charge in [-0.05, 0) is 116 Å². The fourth-order valence-corrected chi connectivity index (χ4v) is 20.0. The van der Waals surface area contributed by atoms with Crippen LogP contribution in [0.15, 0.2) is 86.4 Å². The Balaban J connectivity index is 1.29. The standard InChI is InChI=1S/C44H61N5O8S3Si2/c1-10-48(11-2)33-18-21-37-40(26-33)56-41-27-34(49(12-3)13-4)19-22-38(41)43(37)39-23-20-36(28-42(39)60(53,54)55)59(51,52)47-24-14-16-35(50)17-15-25-61(6,7)57-62(8,9)31-58-44-45-29-32(5)30-46-44/h18-23,26-30,47H,10-17,24-25,31H2,1-9H3/p+1. The molecule has 0 fully saturated rings. The maximum Gasteiger partial charge on any atom is 0.295 e. The zero-order valence-corrected chi connectivity index (χ0v) is 41.9. The number of rotatable bonds is 22. The number of aromatic nitrogens is 2. The molecule has 0 unspecified atom stereocenters. The molecule has 1 aromatic heterocycles. The number of carbonyl (C=O) groups is 1. The van der Waals surface area contributed by atoms with Gasteiger partial charge in [-0.1, -0.05) is 17.8 Å². The number of sulfonamides is 1. The summed E-state index contributed by atoms with van der Waals surface area (Å²) in [6.45, 7) is 22.0. The van der Waals surface area contributed by atoms with E-state index in [1.807, 2.05) is 55.7 Å². The molecule has 0 saturated heterocycles. The van der Waals surface area contributed by atoms with Crippen molar-refractivity contribution in [2.45, 2.75) is 107 Å². The Morgan fingerprint density at radius 3 is 2.18 bits per heavy atom. The second kappa shape index (κ2) is 20.8. The Morgan fingerprint density at radius 1 is 0.871 bits per heavy atom. The zero-order valence-electron chi connectivity index (χ0n) is 37.4. The fraction of sp³-hybridized carbons (Fsp3) is 0.455. The fourth-order valence-electron chi connectivity index (χ4n) is 7.75. The Labute approximate surface area is 373 Å². The third kappa shape index (κ3) is 12.7. The van der Waals surface area contributed by atoms with E-state index in [0.29, 0.717) is 40.7 Å². The molecule has 2 aromatic carbocycles. The van der Waals surface area contributed by atoms with Crippen LogP contribution in [-0.4, -0.2) is 91.9 Å². The molecule has 5 rings (SSSR count). The number of aryl methyl sites for hydroxylation is 1. The van der Waals surface area contributed by atoms with Crippen molar-refractivity contribution in [1.29, 1.82) is 0 Å². The molecular weight excluding hydrogens is 879 g/mol. The van der Waals surface area contributed by atoms with Crippen molar-refractivity contribution in [1.82, 2.24) is 19.3 Å². The number of nitrogens with one attached hydrogen (secondary N) is 1. The zero-order chi connectivity index (χ0) is 45.5. The van der Waals surface area contributed by atoms with Gasteiger partial charge in [0.25, 0.3) is 10.1 Å². The monoisotopic (exact) mass is 940 g/mol. The van der Waals surface area contributed by atoms with Crippen LogP contribution in [0.4, 0.5) is 5.69 Å². The van der Waals surface area contributed by atoms with Crippen molar-refractivity contribution >= 4 is 71.0 Å². The lowest BCUT2D eigenvalue weighted by molar-refractivity contribution is -0.119. The quantitative estimate of drug-likeness (QED) is 0.0129. The van der Waals surface area contributed by atoms with Gasteiger partial charge < -0.3 is 13.4 Å². The molecule has 0 spiro atoms. The number of thioether (sulfide) groups is 1. The number of anilines is 1. The molecule has 0 amide bonds. The highest BCUT2D eigenvalue weighted by atomic mass is 32.2. The average Bonchev–Trinajstić information content (AvgIpc) is 3.21. The van der Waals surface area contributed by atoms with Crippen LogP contribution in [0.3, 0.4) is 0 Å². The Hall–Kier alpha value is -3.76. The van der Waals surface area contributed by atoms with Crippen LogP contribution in [0.5, 0.6) is 0 Å². The molecule has 13 nitrogen and oxygen atoms in total. The molecule has 1 aliphatic carbocycles. The van der Waals surface area contributed by atoms with Gasteiger partial charge in [-0.15, -0.1) is 0 Å². The van der Waals surface area contributed by atoms with Gasteiger partial charge in [0.15, 0.2) is 21.8 Å². The predicted molar refractivity (Wildman–Crippen MR) is 255 cm³/mol. The molecule has 0 atom stereocenters. The summed E-state index contributed by atoms with van der Waals surface area (Å²) in [6, 6.07) is 16.0. The smallest absolute Gasteiger partial charge is 0.295 e. The molecule has 18 heteroatoms. The molecule has 62 heavy (non-hydrogen) atoms. The van der Waals surface area contributed by atoms with Crippen LogP contribution in [0, 0.1) is 6.92 Å². The first kappa shape index (κ1) is 49.3. The van der Waals surface area contributed by atoms with Gasteiger partial charge in [-0.3, -0.25) is 9.35 Å². The van der Waals surface area contributed by atoms with Gasteiger partial charge in [0.05, 0.1) is 11.0 Å². The van der Waals surface area contributed by atoms with Crippen molar-refractivity contribution in [2.24, 2.45) is 0 Å². The van der Waals surface area contributed by atoms with Gasteiger partial charge in [0.1, 0.15) is 35.1 Å². The molecule has 2 N–H and O–H groups in total. The third-order valence-electron chi connectivity index (χ3n) is 10.8. The number of Topliss-reactive ketones (excluding diaryl/α,β-unsaturated/α-hetero) is 1. The minimum absolute atomic E-state index is 0.0260. The van der Waals surface area contributed by atoms with Crippen molar-refractivity contribution in [2.75, 3.05) is 43.0 Å². The second-order valence-electron chi connectivity index (χ2n) is 16.7. The van der Waals surface area contributed by atoms with Gasteiger partial charge in [-0.25, -0.2) is 27.7 Å². The molecule has 3 aromatic rings. The van der Waals surface area contributed by atoms with E-state index in [-0.39, 0.29) is 35.6 Å². The average molecular weight is 941 g/mol. The van der Waals surface area contributed by atoms with Gasteiger partial charge >= 0.3 is 0 Å². The summed E-state index contributed by atoms with van der Waals surface area (Å²) < 4.78 is 81.9. The molecule has 0 radical (unpaired) electrons. The lowest BCUT2D eigenvalue weighted by Crippen LogP contribution is -2.46. The van der Waals surface area contributed by atoms with Crippen molar-refractivity contribution in [3.05, 3.63) is 77.9 Å². The number of hydrogen-bond donors (Lipinski definition) is 2. The SMILES string of the molecule is CCN(CC)c1ccc2c(-c3ccc(S(=O)(=O)NCCCC(=O)CCC[Si](C)(C)O[Si](C)(C)CSc4ncc(C)cn4)cc3S(=O)(=O)O)c3ccc(=[N+](CC)CC)cc-3oc2c1. The topological polar surface area (TPSA) is 172 Å². The maximum absolute atomic E-state index is 13.6. The first-order chi connectivity index (χ1) is 29.2. The molecule has 0 bridgehead atoms. The van der Waals surface area contributed by atoms with E-state index < -0.39 is 41.7 Å². The summed E-state index contributed by atoms with van der Waals surface area (Å²) in [5, 5.41) is 3.10. The number of hydrogen-bond acceptors (Lipinski definition) is 11. The van der Waals surface area contributed by atoms with Crippen molar-refractivity contribution in [3.63, 3.8) is 0 Å². The van der Waals surface area contributed by atoms with Crippen LogP contribution in [0.1, 0.15) is 58.9 Å². The van der Waals surface area contributed by atoms with E-state index in [1.54, 1.807) is 11.8 Å². The number of ketones is 1. The lowest BCUT2D eigenvalue weighted by Gasteiger charge is -2.33. The number of benzene rings is 3. The first-order valence-electron chi connectivity index (χ1n) is 21.3. The van der Waals surface area contributed by atoms with Crippen LogP contribution in [-0.2, 0) is 29.1 Å². The third-order valence-corrected chi connectivity index (χ3v) is 22.9. The van der Waals surface area contributed by atoms with Crippen LogP contribution < -0.4 is 19.6 Å². The minimum Gasteiger partial charge on any atom is -0.456 e. The number of nitrogens with zero attached hydrogens (tertiary/aromatic N) is 4. The molecule has 0 saturated carbocycles. The normalized spacial score (nSPS) is 12.6. The molecule has 336 valence electrons. The van der Waals surface area contributed by atoms with E-state index >= 15 is 0 Å². The first-order valence-corrected chi connectivity index (χ1v) is 31.4. The van der Waals surface area contributed by atoms with Gasteiger partial charge in [-0.2, -0.15) is 8.42 Å². The van der Waals surface area contributed by atoms with Crippen molar-refractivity contribution < 1.29 is 34.7 Å². The summed E-state index contributed by atoms with van der Waals surface area (Å²) in [6.07, 6.45) is 5.16. The predicted octanol–water partition coefficient (Wildman–Crippen LogP) is 8.37. The Morgan fingerprint density at radius 2 is 1.53 bits per heavy atom. The highest BCUT2D eigenvalue weighted by Gasteiger charge is 2.33. The Bertz CT molecular complexity index is 2630. The Kier molecular flexibility index (Phi) is 16.5. The van der Waals surface area contributed by atoms with E-state index in [0.717, 1.165) is 65.4 Å².